The van der Waals surface area contributed by atoms with Gasteiger partial charge in [-0.3, -0.25) is 0 Å². The summed E-state index contributed by atoms with van der Waals surface area (Å²) in [5.41, 5.74) is 0. The van der Waals surface area contributed by atoms with Crippen molar-refractivity contribution in [2.24, 2.45) is 0 Å². The molecular formula is C24H31ClOPSi+. The second-order valence-corrected chi connectivity index (χ2v) is 17.2. The zero-order chi connectivity index (χ0) is 19.2. The molecule has 0 spiro atoms. The van der Waals surface area contributed by atoms with E-state index in [9.17, 15) is 0 Å². The molecule has 0 aliphatic rings. The Morgan fingerprint density at radius 1 is 0.643 bits per heavy atom. The summed E-state index contributed by atoms with van der Waals surface area (Å²) in [7, 11) is -2.95. The smallest absolute Gasteiger partial charge is 0.171 e. The fraction of sp³-hybridized carbons (Fsp3) is 0.250. The number of halogens is 1. The fourth-order valence-corrected chi connectivity index (χ4v) is 7.84. The molecule has 0 bridgehead atoms. The summed E-state index contributed by atoms with van der Waals surface area (Å²) in [6.45, 7) is 8.07. The summed E-state index contributed by atoms with van der Waals surface area (Å²) in [4.78, 5) is 0. The van der Waals surface area contributed by atoms with Gasteiger partial charge in [0.1, 0.15) is 23.2 Å². The molecule has 28 heavy (non-hydrogen) atoms. The quantitative estimate of drug-likeness (QED) is 0.253. The van der Waals surface area contributed by atoms with E-state index in [1.54, 1.807) is 0 Å². The van der Waals surface area contributed by atoms with Gasteiger partial charge in [0.25, 0.3) is 0 Å². The fourth-order valence-electron chi connectivity index (χ4n) is 3.30. The highest BCUT2D eigenvalue weighted by Crippen LogP contribution is 2.55. The molecule has 0 heterocycles. The van der Waals surface area contributed by atoms with Gasteiger partial charge in [0.15, 0.2) is 6.35 Å². The summed E-state index contributed by atoms with van der Waals surface area (Å²) in [5, 5.41) is 4.15. The number of ether oxygens (including phenoxy) is 1. The van der Waals surface area contributed by atoms with Crippen molar-refractivity contribution in [2.75, 3.05) is 13.0 Å². The first-order valence-corrected chi connectivity index (χ1v) is 15.3. The molecule has 0 amide bonds. The molecule has 4 heteroatoms. The highest BCUT2D eigenvalue weighted by Gasteiger charge is 2.45. The van der Waals surface area contributed by atoms with Crippen molar-refractivity contribution >= 4 is 43.7 Å². The van der Waals surface area contributed by atoms with Gasteiger partial charge in [0, 0.05) is 14.7 Å². The van der Waals surface area contributed by atoms with Crippen molar-refractivity contribution in [3.05, 3.63) is 91.0 Å². The van der Waals surface area contributed by atoms with Crippen LogP contribution in [-0.4, -0.2) is 21.0 Å². The molecular weight excluding hydrogens is 399 g/mol. The summed E-state index contributed by atoms with van der Waals surface area (Å²) in [6, 6.07) is 34.0. The van der Waals surface area contributed by atoms with E-state index in [0.29, 0.717) is 0 Å². The third-order valence-electron chi connectivity index (χ3n) is 4.87. The van der Waals surface area contributed by atoms with Crippen LogP contribution in [0, 0.1) is 0 Å². The van der Waals surface area contributed by atoms with Crippen molar-refractivity contribution in [2.45, 2.75) is 25.7 Å². The Morgan fingerprint density at radius 3 is 1.32 bits per heavy atom. The first-order valence-electron chi connectivity index (χ1n) is 9.65. The minimum Gasteiger partial charge on any atom is -0.345 e. The van der Waals surface area contributed by atoms with E-state index in [1.807, 2.05) is 0 Å². The normalized spacial score (nSPS) is 11.7. The highest BCUT2D eigenvalue weighted by molar-refractivity contribution is 7.95. The molecule has 0 unspecified atom stereocenters. The van der Waals surface area contributed by atoms with Gasteiger partial charge in [-0.15, -0.1) is 12.4 Å². The van der Waals surface area contributed by atoms with Crippen LogP contribution in [0.15, 0.2) is 91.0 Å². The van der Waals surface area contributed by atoms with Gasteiger partial charge in [0.2, 0.25) is 0 Å². The van der Waals surface area contributed by atoms with Gasteiger partial charge in [-0.2, -0.15) is 0 Å². The molecule has 0 atom stereocenters. The lowest BCUT2D eigenvalue weighted by Gasteiger charge is -2.27. The number of rotatable bonds is 8. The van der Waals surface area contributed by atoms with Crippen LogP contribution in [0.1, 0.15) is 0 Å². The molecule has 148 valence electrons. The van der Waals surface area contributed by atoms with Crippen LogP contribution in [0.25, 0.3) is 0 Å². The SMILES string of the molecule is C[Si](C)(C)CCOC[P+](c1ccccc1)(c1ccccc1)c1ccccc1.Cl. The Labute approximate surface area is 177 Å². The van der Waals surface area contributed by atoms with Crippen molar-refractivity contribution in [1.82, 2.24) is 0 Å². The third kappa shape index (κ3) is 5.55. The summed E-state index contributed by atoms with van der Waals surface area (Å²) in [6.07, 6.45) is 0.759. The molecule has 0 aliphatic heterocycles. The Balaban J connectivity index is 0.00000280. The topological polar surface area (TPSA) is 9.23 Å². The molecule has 3 aromatic carbocycles. The second-order valence-electron chi connectivity index (χ2n) is 8.16. The summed E-state index contributed by atoms with van der Waals surface area (Å²) < 4.78 is 6.42. The van der Waals surface area contributed by atoms with Crippen molar-refractivity contribution in [1.29, 1.82) is 0 Å². The van der Waals surface area contributed by atoms with E-state index in [2.05, 4.69) is 111 Å². The molecule has 3 rings (SSSR count). The van der Waals surface area contributed by atoms with E-state index >= 15 is 0 Å². The van der Waals surface area contributed by atoms with Crippen LogP contribution in [0.3, 0.4) is 0 Å². The largest absolute Gasteiger partial charge is 0.345 e. The Morgan fingerprint density at radius 2 is 1.00 bits per heavy atom. The molecule has 3 aromatic rings. The van der Waals surface area contributed by atoms with E-state index < -0.39 is 15.3 Å². The van der Waals surface area contributed by atoms with E-state index in [0.717, 1.165) is 13.0 Å². The Hall–Kier alpha value is -1.44. The van der Waals surface area contributed by atoms with Gasteiger partial charge < -0.3 is 4.74 Å². The van der Waals surface area contributed by atoms with Crippen LogP contribution in [0.5, 0.6) is 0 Å². The van der Waals surface area contributed by atoms with Crippen LogP contribution >= 0.6 is 19.7 Å². The van der Waals surface area contributed by atoms with E-state index in [4.69, 9.17) is 4.74 Å². The average molecular weight is 430 g/mol. The maximum atomic E-state index is 6.42. The minimum absolute atomic E-state index is 0. The lowest BCUT2D eigenvalue weighted by atomic mass is 10.4. The van der Waals surface area contributed by atoms with Gasteiger partial charge in [-0.05, 0) is 42.4 Å². The monoisotopic (exact) mass is 429 g/mol. The second kappa shape index (κ2) is 10.4. The average Bonchev–Trinajstić information content (AvgIpc) is 2.70. The van der Waals surface area contributed by atoms with Crippen molar-refractivity contribution in [3.63, 3.8) is 0 Å². The molecule has 0 aliphatic carbocycles. The van der Waals surface area contributed by atoms with Crippen LogP contribution < -0.4 is 15.9 Å². The predicted octanol–water partition coefficient (Wildman–Crippen LogP) is 5.71. The van der Waals surface area contributed by atoms with Crippen molar-refractivity contribution in [3.8, 4) is 0 Å². The lowest BCUT2D eigenvalue weighted by Crippen LogP contribution is -2.34. The number of hydrogen-bond acceptors (Lipinski definition) is 1. The van der Waals surface area contributed by atoms with Gasteiger partial charge in [-0.25, -0.2) is 0 Å². The van der Waals surface area contributed by atoms with Crippen LogP contribution in [-0.2, 0) is 4.74 Å². The Kier molecular flexibility index (Phi) is 8.46. The lowest BCUT2D eigenvalue weighted by molar-refractivity contribution is 0.195. The minimum atomic E-state index is -1.84. The zero-order valence-corrected chi connectivity index (χ0v) is 19.8. The van der Waals surface area contributed by atoms with E-state index in [-0.39, 0.29) is 12.4 Å². The standard InChI is InChI=1S/C24H30OPSi.ClH/c1-27(2,3)20-19-25-21-26(22-13-7-4-8-14-22,23-15-9-5-10-16-23)24-17-11-6-12-18-24;/h4-18H,19-21H2,1-3H3;1H/q+1;. The molecule has 0 radical (unpaired) electrons. The first kappa shape index (κ1) is 22.8. The predicted molar refractivity (Wildman–Crippen MR) is 131 cm³/mol. The van der Waals surface area contributed by atoms with Crippen LogP contribution in [0.4, 0.5) is 0 Å². The van der Waals surface area contributed by atoms with Gasteiger partial charge in [0.05, 0.1) is 0 Å². The third-order valence-corrected chi connectivity index (χ3v) is 10.7. The highest BCUT2D eigenvalue weighted by atomic mass is 35.5. The maximum Gasteiger partial charge on any atom is 0.171 e. The number of benzene rings is 3. The summed E-state index contributed by atoms with van der Waals surface area (Å²) >= 11 is 0. The molecule has 0 aromatic heterocycles. The maximum absolute atomic E-state index is 6.42. The zero-order valence-electron chi connectivity index (χ0n) is 17.0. The molecule has 0 saturated carbocycles. The van der Waals surface area contributed by atoms with Crippen molar-refractivity contribution < 1.29 is 4.74 Å². The van der Waals surface area contributed by atoms with E-state index in [1.165, 1.54) is 22.0 Å². The molecule has 0 N–H and O–H groups in total. The molecule has 0 fully saturated rings. The van der Waals surface area contributed by atoms with Gasteiger partial charge >= 0.3 is 0 Å². The molecule has 1 nitrogen and oxygen atoms in total. The first-order chi connectivity index (χ1) is 13.0. The van der Waals surface area contributed by atoms with Gasteiger partial charge in [-0.1, -0.05) is 74.2 Å². The Bertz CT molecular complexity index is 723. The number of hydrogen-bond donors (Lipinski definition) is 0. The van der Waals surface area contributed by atoms with Crippen LogP contribution in [0.2, 0.25) is 25.7 Å². The molecule has 0 saturated heterocycles. The summed E-state index contributed by atoms with van der Waals surface area (Å²) in [5.74, 6) is 0.